The van der Waals surface area contributed by atoms with Crippen molar-refractivity contribution in [2.24, 2.45) is 11.1 Å². The Labute approximate surface area is 182 Å². The molecule has 0 unspecified atom stereocenters. The van der Waals surface area contributed by atoms with E-state index < -0.39 is 5.91 Å². The number of ketones is 1. The highest BCUT2D eigenvalue weighted by atomic mass is 16.2. The van der Waals surface area contributed by atoms with Gasteiger partial charge < -0.3 is 10.6 Å². The quantitative estimate of drug-likeness (QED) is 0.774. The van der Waals surface area contributed by atoms with Gasteiger partial charge in [0.25, 0.3) is 0 Å². The second kappa shape index (κ2) is 8.29. The molecule has 1 aliphatic carbocycles. The fourth-order valence-electron chi connectivity index (χ4n) is 4.94. The van der Waals surface area contributed by atoms with Gasteiger partial charge >= 0.3 is 0 Å². The minimum atomic E-state index is -0.491. The topological polar surface area (TPSA) is 98.3 Å². The first-order chi connectivity index (χ1) is 14.7. The molecule has 1 saturated heterocycles. The lowest BCUT2D eigenvalue weighted by atomic mass is 9.75. The molecule has 7 heteroatoms. The fourth-order valence-corrected chi connectivity index (χ4v) is 4.94. The van der Waals surface area contributed by atoms with Crippen molar-refractivity contribution in [3.8, 4) is 0 Å². The van der Waals surface area contributed by atoms with Gasteiger partial charge in [0.2, 0.25) is 11.8 Å². The standard InChI is InChI=1S/C24H30N4O3/c1-24(2)13-18-22(19(29)14-24)23(26-28(18)15-20(25)30)17-9-6-12-27(17)21(31)11-10-16-7-4-3-5-8-16/h3-5,7-8,17H,6,9-15H2,1-2H3,(H2,25,30)/t17-/m0/s1. The van der Waals surface area contributed by atoms with Crippen molar-refractivity contribution in [2.75, 3.05) is 6.54 Å². The summed E-state index contributed by atoms with van der Waals surface area (Å²) < 4.78 is 1.59. The van der Waals surface area contributed by atoms with E-state index in [2.05, 4.69) is 5.10 Å². The number of Topliss-reactive ketones (excluding diaryl/α,β-unsaturated/α-hetero) is 1. The second-order valence-corrected chi connectivity index (χ2v) is 9.50. The predicted octanol–water partition coefficient (Wildman–Crippen LogP) is 2.82. The summed E-state index contributed by atoms with van der Waals surface area (Å²) in [7, 11) is 0. The predicted molar refractivity (Wildman–Crippen MR) is 116 cm³/mol. The molecule has 164 valence electrons. The average molecular weight is 423 g/mol. The molecule has 2 aliphatic rings. The Kier molecular flexibility index (Phi) is 5.69. The van der Waals surface area contributed by atoms with E-state index in [4.69, 9.17) is 5.73 Å². The van der Waals surface area contributed by atoms with E-state index in [0.717, 1.165) is 24.1 Å². The first-order valence-corrected chi connectivity index (χ1v) is 11.0. The molecule has 7 nitrogen and oxygen atoms in total. The zero-order valence-electron chi connectivity index (χ0n) is 18.3. The number of hydrogen-bond donors (Lipinski definition) is 1. The number of aryl methyl sites for hydroxylation is 1. The van der Waals surface area contributed by atoms with E-state index >= 15 is 0 Å². The Morgan fingerprint density at radius 3 is 2.65 bits per heavy atom. The van der Waals surface area contributed by atoms with Crippen molar-refractivity contribution < 1.29 is 14.4 Å². The van der Waals surface area contributed by atoms with Crippen molar-refractivity contribution in [1.82, 2.24) is 14.7 Å². The van der Waals surface area contributed by atoms with Crippen LogP contribution in [0.5, 0.6) is 0 Å². The number of nitrogens with zero attached hydrogens (tertiary/aromatic N) is 3. The van der Waals surface area contributed by atoms with Gasteiger partial charge in [0.15, 0.2) is 5.78 Å². The van der Waals surface area contributed by atoms with E-state index in [9.17, 15) is 14.4 Å². The van der Waals surface area contributed by atoms with E-state index in [-0.39, 0.29) is 29.7 Å². The van der Waals surface area contributed by atoms with Gasteiger partial charge in [0.1, 0.15) is 6.54 Å². The molecule has 1 aliphatic heterocycles. The number of amides is 2. The van der Waals surface area contributed by atoms with Crippen LogP contribution in [0, 0.1) is 5.41 Å². The molecule has 1 aromatic carbocycles. The van der Waals surface area contributed by atoms with Gasteiger partial charge in [-0.15, -0.1) is 0 Å². The van der Waals surface area contributed by atoms with Crippen LogP contribution in [-0.4, -0.2) is 38.8 Å². The molecule has 0 radical (unpaired) electrons. The summed E-state index contributed by atoms with van der Waals surface area (Å²) in [5.74, 6) is -0.372. The van der Waals surface area contributed by atoms with Crippen molar-refractivity contribution in [3.63, 3.8) is 0 Å². The van der Waals surface area contributed by atoms with E-state index in [1.165, 1.54) is 0 Å². The maximum atomic E-state index is 13.1. The van der Waals surface area contributed by atoms with Crippen LogP contribution in [0.4, 0.5) is 0 Å². The molecule has 2 aromatic rings. The fraction of sp³-hybridized carbons (Fsp3) is 0.500. The highest BCUT2D eigenvalue weighted by molar-refractivity contribution is 6.00. The van der Waals surface area contributed by atoms with Crippen LogP contribution >= 0.6 is 0 Å². The minimum Gasteiger partial charge on any atom is -0.368 e. The summed E-state index contributed by atoms with van der Waals surface area (Å²) >= 11 is 0. The zero-order chi connectivity index (χ0) is 22.2. The molecule has 1 aromatic heterocycles. The van der Waals surface area contributed by atoms with Crippen molar-refractivity contribution in [2.45, 2.75) is 65.0 Å². The van der Waals surface area contributed by atoms with E-state index in [1.54, 1.807) is 4.68 Å². The van der Waals surface area contributed by atoms with Crippen LogP contribution in [0.25, 0.3) is 0 Å². The first-order valence-electron chi connectivity index (χ1n) is 11.0. The Balaban J connectivity index is 1.62. The van der Waals surface area contributed by atoms with Crippen LogP contribution in [0.2, 0.25) is 0 Å². The van der Waals surface area contributed by atoms with E-state index in [1.807, 2.05) is 49.1 Å². The molecule has 0 saturated carbocycles. The van der Waals surface area contributed by atoms with Gasteiger partial charge in [-0.25, -0.2) is 0 Å². The smallest absolute Gasteiger partial charge is 0.239 e. The number of hydrogen-bond acceptors (Lipinski definition) is 4. The van der Waals surface area contributed by atoms with Crippen LogP contribution in [0.15, 0.2) is 30.3 Å². The molecular weight excluding hydrogens is 392 g/mol. The highest BCUT2D eigenvalue weighted by Gasteiger charge is 2.41. The van der Waals surface area contributed by atoms with Crippen molar-refractivity contribution in [3.05, 3.63) is 52.8 Å². The number of benzene rings is 1. The van der Waals surface area contributed by atoms with Crippen LogP contribution in [0.3, 0.4) is 0 Å². The summed E-state index contributed by atoms with van der Waals surface area (Å²) in [5, 5.41) is 4.68. The first kappa shape index (κ1) is 21.3. The van der Waals surface area contributed by atoms with Crippen molar-refractivity contribution >= 4 is 17.6 Å². The highest BCUT2D eigenvalue weighted by Crippen LogP contribution is 2.41. The lowest BCUT2D eigenvalue weighted by Crippen LogP contribution is -2.33. The van der Waals surface area contributed by atoms with Gasteiger partial charge in [-0.1, -0.05) is 44.2 Å². The van der Waals surface area contributed by atoms with Gasteiger partial charge in [-0.05, 0) is 36.7 Å². The third-order valence-electron chi connectivity index (χ3n) is 6.31. The van der Waals surface area contributed by atoms with Crippen LogP contribution in [0.1, 0.15) is 72.9 Å². The summed E-state index contributed by atoms with van der Waals surface area (Å²) in [5.41, 5.74) is 8.40. The molecule has 2 amide bonds. The number of carbonyl (C=O) groups excluding carboxylic acids is 3. The summed E-state index contributed by atoms with van der Waals surface area (Å²) in [6.07, 6.45) is 3.84. The minimum absolute atomic E-state index is 0.0422. The largest absolute Gasteiger partial charge is 0.368 e. The lowest BCUT2D eigenvalue weighted by molar-refractivity contribution is -0.132. The number of nitrogens with two attached hydrogens (primary N) is 1. The molecule has 0 spiro atoms. The average Bonchev–Trinajstić information content (AvgIpc) is 3.31. The van der Waals surface area contributed by atoms with Gasteiger partial charge in [0, 0.05) is 19.4 Å². The molecule has 31 heavy (non-hydrogen) atoms. The molecule has 0 bridgehead atoms. The van der Waals surface area contributed by atoms with E-state index in [0.29, 0.717) is 43.5 Å². The van der Waals surface area contributed by atoms with Gasteiger partial charge in [0.05, 0.1) is 23.0 Å². The Morgan fingerprint density at radius 2 is 1.94 bits per heavy atom. The molecular formula is C24H30N4O3. The number of primary amides is 1. The van der Waals surface area contributed by atoms with Gasteiger partial charge in [-0.2, -0.15) is 5.10 Å². The second-order valence-electron chi connectivity index (χ2n) is 9.50. The number of likely N-dealkylation sites (tertiary alicyclic amines) is 1. The number of rotatable bonds is 6. The SMILES string of the molecule is CC1(C)CC(=O)c2c([C@@H]3CCCN3C(=O)CCc3ccccc3)nn(CC(N)=O)c2C1. The molecule has 1 fully saturated rings. The Morgan fingerprint density at radius 1 is 1.19 bits per heavy atom. The Hall–Kier alpha value is -2.96. The number of carbonyl (C=O) groups is 3. The maximum absolute atomic E-state index is 13.1. The van der Waals surface area contributed by atoms with Crippen LogP contribution in [-0.2, 0) is 29.0 Å². The number of fused-ring (bicyclic) bond motifs is 1. The third-order valence-corrected chi connectivity index (χ3v) is 6.31. The summed E-state index contributed by atoms with van der Waals surface area (Å²) in [6.45, 7) is 4.70. The summed E-state index contributed by atoms with van der Waals surface area (Å²) in [6, 6.07) is 9.74. The molecule has 2 N–H and O–H groups in total. The van der Waals surface area contributed by atoms with Gasteiger partial charge in [-0.3, -0.25) is 19.1 Å². The van der Waals surface area contributed by atoms with Crippen LogP contribution < -0.4 is 5.73 Å². The lowest BCUT2D eigenvalue weighted by Gasteiger charge is -2.30. The number of aromatic nitrogens is 2. The monoisotopic (exact) mass is 422 g/mol. The third kappa shape index (κ3) is 4.40. The molecule has 2 heterocycles. The zero-order valence-corrected chi connectivity index (χ0v) is 18.3. The molecule has 1 atom stereocenters. The Bertz CT molecular complexity index is 1010. The van der Waals surface area contributed by atoms with Crippen molar-refractivity contribution in [1.29, 1.82) is 0 Å². The molecule has 4 rings (SSSR count). The summed E-state index contributed by atoms with van der Waals surface area (Å²) in [4.78, 5) is 39.7. The normalized spacial score (nSPS) is 20.0. The maximum Gasteiger partial charge on any atom is 0.239 e.